The average Bonchev–Trinajstić information content (AvgIpc) is 2.30. The van der Waals surface area contributed by atoms with Gasteiger partial charge in [0.15, 0.2) is 0 Å². The summed E-state index contributed by atoms with van der Waals surface area (Å²) in [5.74, 6) is 0. The number of fused-ring (bicyclic) bond motifs is 1. The number of nitrogens with two attached hydrogens (primary N) is 1. The standard InChI is InChI=1S/C10H14N2/c11-9-6-3-5-8-4-1-2-7-12-10(8)9/h3,5-6,12H,1-2,4,7,11H2. The fourth-order valence-electron chi connectivity index (χ4n) is 1.70. The number of anilines is 2. The molecule has 0 aliphatic carbocycles. The van der Waals surface area contributed by atoms with E-state index >= 15 is 0 Å². The van der Waals surface area contributed by atoms with E-state index < -0.39 is 0 Å². The van der Waals surface area contributed by atoms with Crippen LogP contribution in [0, 0.1) is 0 Å². The predicted molar refractivity (Wildman–Crippen MR) is 52.3 cm³/mol. The van der Waals surface area contributed by atoms with Crippen LogP contribution in [0.4, 0.5) is 11.4 Å². The summed E-state index contributed by atoms with van der Waals surface area (Å²) in [5, 5.41) is 3.37. The van der Waals surface area contributed by atoms with E-state index in [0.29, 0.717) is 0 Å². The highest BCUT2D eigenvalue weighted by atomic mass is 14.9. The van der Waals surface area contributed by atoms with E-state index in [1.165, 1.54) is 18.4 Å². The van der Waals surface area contributed by atoms with Crippen molar-refractivity contribution in [3.8, 4) is 0 Å². The van der Waals surface area contributed by atoms with Gasteiger partial charge in [0.1, 0.15) is 0 Å². The molecule has 1 heterocycles. The molecule has 12 heavy (non-hydrogen) atoms. The molecule has 0 spiro atoms. The molecule has 2 nitrogen and oxygen atoms in total. The smallest absolute Gasteiger partial charge is 0.0606 e. The zero-order valence-electron chi connectivity index (χ0n) is 7.14. The molecule has 2 rings (SSSR count). The highest BCUT2D eigenvalue weighted by Crippen LogP contribution is 2.26. The Morgan fingerprint density at radius 3 is 3.08 bits per heavy atom. The lowest BCUT2D eigenvalue weighted by atomic mass is 10.1. The molecule has 0 atom stereocenters. The fourth-order valence-corrected chi connectivity index (χ4v) is 1.70. The molecule has 64 valence electrons. The Morgan fingerprint density at radius 2 is 2.17 bits per heavy atom. The molecule has 1 aromatic rings. The highest BCUT2D eigenvalue weighted by molar-refractivity contribution is 5.70. The topological polar surface area (TPSA) is 38.0 Å². The Morgan fingerprint density at radius 1 is 1.25 bits per heavy atom. The van der Waals surface area contributed by atoms with Crippen LogP contribution in [0.15, 0.2) is 18.2 Å². The van der Waals surface area contributed by atoms with Gasteiger partial charge in [0, 0.05) is 6.54 Å². The van der Waals surface area contributed by atoms with Gasteiger partial charge < -0.3 is 11.1 Å². The van der Waals surface area contributed by atoms with E-state index in [0.717, 1.165) is 24.3 Å². The number of hydrogen-bond donors (Lipinski definition) is 2. The van der Waals surface area contributed by atoms with Gasteiger partial charge in [-0.25, -0.2) is 0 Å². The first kappa shape index (κ1) is 7.47. The molecular weight excluding hydrogens is 148 g/mol. The van der Waals surface area contributed by atoms with Gasteiger partial charge in [-0.3, -0.25) is 0 Å². The van der Waals surface area contributed by atoms with E-state index in [-0.39, 0.29) is 0 Å². The molecule has 0 aromatic heterocycles. The summed E-state index contributed by atoms with van der Waals surface area (Å²) in [6.07, 6.45) is 3.67. The van der Waals surface area contributed by atoms with Crippen LogP contribution in [-0.2, 0) is 6.42 Å². The van der Waals surface area contributed by atoms with Crippen molar-refractivity contribution in [2.45, 2.75) is 19.3 Å². The summed E-state index contributed by atoms with van der Waals surface area (Å²) in [6.45, 7) is 1.06. The number of benzene rings is 1. The second-order valence-electron chi connectivity index (χ2n) is 3.27. The van der Waals surface area contributed by atoms with Gasteiger partial charge in [0.25, 0.3) is 0 Å². The molecule has 0 saturated heterocycles. The van der Waals surface area contributed by atoms with E-state index in [2.05, 4.69) is 11.4 Å². The minimum atomic E-state index is 0.884. The molecule has 1 aliphatic rings. The third kappa shape index (κ3) is 1.24. The molecule has 0 radical (unpaired) electrons. The SMILES string of the molecule is Nc1cccc2c1NCCCC2. The molecule has 1 aromatic carbocycles. The summed E-state index contributed by atoms with van der Waals surface area (Å²) in [7, 11) is 0. The lowest BCUT2D eigenvalue weighted by Crippen LogP contribution is -2.02. The highest BCUT2D eigenvalue weighted by Gasteiger charge is 2.08. The number of nitrogens with one attached hydrogen (secondary N) is 1. The van der Waals surface area contributed by atoms with Crippen LogP contribution in [0.2, 0.25) is 0 Å². The van der Waals surface area contributed by atoms with Gasteiger partial charge in [-0.2, -0.15) is 0 Å². The molecular formula is C10H14N2. The zero-order chi connectivity index (χ0) is 8.39. The summed E-state index contributed by atoms with van der Waals surface area (Å²) in [5.41, 5.74) is 9.26. The van der Waals surface area contributed by atoms with Crippen molar-refractivity contribution in [3.05, 3.63) is 23.8 Å². The minimum absolute atomic E-state index is 0.884. The number of rotatable bonds is 0. The molecule has 2 heteroatoms. The Bertz CT molecular complexity index is 281. The first-order valence-corrected chi connectivity index (χ1v) is 4.49. The molecule has 0 bridgehead atoms. The van der Waals surface area contributed by atoms with Crippen LogP contribution in [0.25, 0.3) is 0 Å². The van der Waals surface area contributed by atoms with Crippen molar-refractivity contribution in [1.82, 2.24) is 0 Å². The maximum absolute atomic E-state index is 5.85. The van der Waals surface area contributed by atoms with Crippen molar-refractivity contribution in [1.29, 1.82) is 0 Å². The van der Waals surface area contributed by atoms with Crippen LogP contribution < -0.4 is 11.1 Å². The first-order valence-electron chi connectivity index (χ1n) is 4.49. The van der Waals surface area contributed by atoms with Crippen LogP contribution in [0.5, 0.6) is 0 Å². The number of aryl methyl sites for hydroxylation is 1. The van der Waals surface area contributed by atoms with Gasteiger partial charge in [-0.15, -0.1) is 0 Å². The maximum atomic E-state index is 5.85. The van der Waals surface area contributed by atoms with E-state index in [9.17, 15) is 0 Å². The first-order chi connectivity index (χ1) is 5.88. The lowest BCUT2D eigenvalue weighted by Gasteiger charge is -2.09. The molecule has 0 fully saturated rings. The Hall–Kier alpha value is -1.18. The van der Waals surface area contributed by atoms with Gasteiger partial charge in [-0.1, -0.05) is 12.1 Å². The van der Waals surface area contributed by atoms with Crippen LogP contribution >= 0.6 is 0 Å². The molecule has 0 amide bonds. The second kappa shape index (κ2) is 3.05. The molecule has 0 unspecified atom stereocenters. The Kier molecular flexibility index (Phi) is 1.90. The van der Waals surface area contributed by atoms with Gasteiger partial charge in [-0.05, 0) is 30.9 Å². The van der Waals surface area contributed by atoms with Crippen molar-refractivity contribution in [2.75, 3.05) is 17.6 Å². The second-order valence-corrected chi connectivity index (χ2v) is 3.27. The van der Waals surface area contributed by atoms with Crippen LogP contribution in [0.3, 0.4) is 0 Å². The van der Waals surface area contributed by atoms with Crippen molar-refractivity contribution >= 4 is 11.4 Å². The lowest BCUT2D eigenvalue weighted by molar-refractivity contribution is 0.785. The molecule has 3 N–H and O–H groups in total. The third-order valence-corrected chi connectivity index (χ3v) is 2.36. The largest absolute Gasteiger partial charge is 0.397 e. The number of hydrogen-bond acceptors (Lipinski definition) is 2. The summed E-state index contributed by atoms with van der Waals surface area (Å²) in [6, 6.07) is 6.14. The minimum Gasteiger partial charge on any atom is -0.397 e. The van der Waals surface area contributed by atoms with E-state index in [4.69, 9.17) is 5.73 Å². The van der Waals surface area contributed by atoms with Gasteiger partial charge in [0.05, 0.1) is 11.4 Å². The Balaban J connectivity index is 2.42. The average molecular weight is 162 g/mol. The summed E-state index contributed by atoms with van der Waals surface area (Å²) in [4.78, 5) is 0. The monoisotopic (exact) mass is 162 g/mol. The van der Waals surface area contributed by atoms with Crippen molar-refractivity contribution < 1.29 is 0 Å². The van der Waals surface area contributed by atoms with Crippen molar-refractivity contribution in [3.63, 3.8) is 0 Å². The van der Waals surface area contributed by atoms with E-state index in [1.54, 1.807) is 0 Å². The number of nitrogen functional groups attached to an aromatic ring is 1. The van der Waals surface area contributed by atoms with Gasteiger partial charge >= 0.3 is 0 Å². The zero-order valence-corrected chi connectivity index (χ0v) is 7.14. The van der Waals surface area contributed by atoms with Gasteiger partial charge in [0.2, 0.25) is 0 Å². The van der Waals surface area contributed by atoms with E-state index in [1.807, 2.05) is 12.1 Å². The Labute approximate surface area is 72.8 Å². The molecule has 1 aliphatic heterocycles. The van der Waals surface area contributed by atoms with Crippen LogP contribution in [-0.4, -0.2) is 6.54 Å². The summed E-state index contributed by atoms with van der Waals surface area (Å²) >= 11 is 0. The number of para-hydroxylation sites is 1. The normalized spacial score (nSPS) is 16.0. The fraction of sp³-hybridized carbons (Fsp3) is 0.400. The summed E-state index contributed by atoms with van der Waals surface area (Å²) < 4.78 is 0. The third-order valence-electron chi connectivity index (χ3n) is 2.36. The predicted octanol–water partition coefficient (Wildman–Crippen LogP) is 2.02. The van der Waals surface area contributed by atoms with Crippen LogP contribution in [0.1, 0.15) is 18.4 Å². The quantitative estimate of drug-likeness (QED) is 0.573. The maximum Gasteiger partial charge on any atom is 0.0606 e. The molecule has 0 saturated carbocycles. The van der Waals surface area contributed by atoms with Crippen molar-refractivity contribution in [2.24, 2.45) is 0 Å².